The van der Waals surface area contributed by atoms with Crippen LogP contribution in [0.5, 0.6) is 11.5 Å². The Morgan fingerprint density at radius 1 is 1.24 bits per heavy atom. The Hall–Kier alpha value is -1.42. The molecular formula is C17H23NO3. The van der Waals surface area contributed by atoms with Crippen molar-refractivity contribution in [3.63, 3.8) is 0 Å². The van der Waals surface area contributed by atoms with Gasteiger partial charge in [-0.05, 0) is 38.3 Å². The number of hydrogen-bond acceptors (Lipinski definition) is 4. The molecule has 1 spiro atoms. The molecule has 2 unspecified atom stereocenters. The second-order valence-electron chi connectivity index (χ2n) is 6.32. The SMILES string of the molecule is CCOC1CC(Nc2ccc3c(c2)OCCO3)C12CCC2. The molecule has 1 heterocycles. The number of ether oxygens (including phenoxy) is 3. The van der Waals surface area contributed by atoms with Crippen molar-refractivity contribution < 1.29 is 14.2 Å². The highest BCUT2D eigenvalue weighted by atomic mass is 16.6. The van der Waals surface area contributed by atoms with Crippen molar-refractivity contribution in [2.75, 3.05) is 25.1 Å². The fourth-order valence-corrected chi connectivity index (χ4v) is 3.98. The molecule has 0 saturated heterocycles. The zero-order valence-corrected chi connectivity index (χ0v) is 12.6. The Bertz CT molecular complexity index is 527. The second kappa shape index (κ2) is 5.09. The van der Waals surface area contributed by atoms with Crippen molar-refractivity contribution >= 4 is 5.69 Å². The van der Waals surface area contributed by atoms with Gasteiger partial charge in [-0.2, -0.15) is 0 Å². The summed E-state index contributed by atoms with van der Waals surface area (Å²) >= 11 is 0. The monoisotopic (exact) mass is 289 g/mol. The van der Waals surface area contributed by atoms with Gasteiger partial charge in [-0.3, -0.25) is 0 Å². The zero-order chi connectivity index (χ0) is 14.3. The van der Waals surface area contributed by atoms with Crippen molar-refractivity contribution in [2.24, 2.45) is 5.41 Å². The molecule has 3 aliphatic rings. The lowest BCUT2D eigenvalue weighted by atomic mass is 9.51. The van der Waals surface area contributed by atoms with Crippen LogP contribution in [-0.4, -0.2) is 32.0 Å². The number of anilines is 1. The van der Waals surface area contributed by atoms with Gasteiger partial charge in [-0.1, -0.05) is 6.42 Å². The normalized spacial score (nSPS) is 28.6. The average Bonchev–Trinajstić information content (AvgIpc) is 2.44. The van der Waals surface area contributed by atoms with Gasteiger partial charge in [-0.25, -0.2) is 0 Å². The van der Waals surface area contributed by atoms with E-state index in [0.717, 1.165) is 30.2 Å². The summed E-state index contributed by atoms with van der Waals surface area (Å²) in [6, 6.07) is 6.69. The summed E-state index contributed by atoms with van der Waals surface area (Å²) in [5.74, 6) is 1.71. The van der Waals surface area contributed by atoms with Gasteiger partial charge in [0.05, 0.1) is 6.10 Å². The molecule has 1 N–H and O–H groups in total. The molecular weight excluding hydrogens is 266 g/mol. The standard InChI is InChI=1S/C17H23NO3/c1-2-19-16-11-15(17(16)6-3-7-17)18-12-4-5-13-14(10-12)21-9-8-20-13/h4-5,10,15-16,18H,2-3,6-9,11H2,1H3. The van der Waals surface area contributed by atoms with Crippen LogP contribution in [0, 0.1) is 5.41 Å². The lowest BCUT2D eigenvalue weighted by Gasteiger charge is -2.61. The average molecular weight is 289 g/mol. The Balaban J connectivity index is 1.47. The van der Waals surface area contributed by atoms with E-state index in [4.69, 9.17) is 14.2 Å². The van der Waals surface area contributed by atoms with Gasteiger partial charge in [0.15, 0.2) is 11.5 Å². The highest BCUT2D eigenvalue weighted by Crippen LogP contribution is 2.58. The van der Waals surface area contributed by atoms with Gasteiger partial charge in [-0.15, -0.1) is 0 Å². The smallest absolute Gasteiger partial charge is 0.163 e. The summed E-state index contributed by atoms with van der Waals surface area (Å²) < 4.78 is 17.1. The third kappa shape index (κ3) is 2.08. The number of rotatable bonds is 4. The molecule has 2 saturated carbocycles. The van der Waals surface area contributed by atoms with E-state index in [1.54, 1.807) is 0 Å². The van der Waals surface area contributed by atoms with Crippen molar-refractivity contribution in [3.05, 3.63) is 18.2 Å². The summed E-state index contributed by atoms with van der Waals surface area (Å²) in [4.78, 5) is 0. The number of hydrogen-bond donors (Lipinski definition) is 1. The molecule has 4 nitrogen and oxygen atoms in total. The quantitative estimate of drug-likeness (QED) is 0.924. The minimum absolute atomic E-state index is 0.378. The predicted molar refractivity (Wildman–Crippen MR) is 81.2 cm³/mol. The van der Waals surface area contributed by atoms with E-state index in [1.165, 1.54) is 19.3 Å². The van der Waals surface area contributed by atoms with E-state index in [2.05, 4.69) is 24.4 Å². The topological polar surface area (TPSA) is 39.7 Å². The fourth-order valence-electron chi connectivity index (χ4n) is 3.98. The minimum atomic E-state index is 0.378. The van der Waals surface area contributed by atoms with Crippen LogP contribution in [0.1, 0.15) is 32.6 Å². The largest absolute Gasteiger partial charge is 0.486 e. The Morgan fingerprint density at radius 3 is 2.76 bits per heavy atom. The molecule has 0 radical (unpaired) electrons. The molecule has 0 aromatic heterocycles. The first-order chi connectivity index (χ1) is 10.3. The van der Waals surface area contributed by atoms with E-state index in [1.807, 2.05) is 6.07 Å². The third-order valence-electron chi connectivity index (χ3n) is 5.32. The Labute approximate surface area is 125 Å². The molecule has 114 valence electrons. The molecule has 2 aliphatic carbocycles. The minimum Gasteiger partial charge on any atom is -0.486 e. The van der Waals surface area contributed by atoms with Gasteiger partial charge in [0.2, 0.25) is 0 Å². The summed E-state index contributed by atoms with van der Waals surface area (Å²) in [6.07, 6.45) is 5.48. The maximum atomic E-state index is 5.91. The lowest BCUT2D eigenvalue weighted by Crippen LogP contribution is -2.64. The number of nitrogens with one attached hydrogen (secondary N) is 1. The fraction of sp³-hybridized carbons (Fsp3) is 0.647. The molecule has 1 aromatic carbocycles. The molecule has 21 heavy (non-hydrogen) atoms. The maximum Gasteiger partial charge on any atom is 0.163 e. The lowest BCUT2D eigenvalue weighted by molar-refractivity contribution is -0.157. The van der Waals surface area contributed by atoms with Crippen LogP contribution in [0.3, 0.4) is 0 Å². The van der Waals surface area contributed by atoms with E-state index in [-0.39, 0.29) is 0 Å². The van der Waals surface area contributed by atoms with Crippen LogP contribution in [-0.2, 0) is 4.74 Å². The summed E-state index contributed by atoms with van der Waals surface area (Å²) in [5.41, 5.74) is 1.51. The van der Waals surface area contributed by atoms with Crippen LogP contribution >= 0.6 is 0 Å². The molecule has 2 fully saturated rings. The maximum absolute atomic E-state index is 5.91. The van der Waals surface area contributed by atoms with Crippen molar-refractivity contribution in [1.29, 1.82) is 0 Å². The summed E-state index contributed by atoms with van der Waals surface area (Å²) in [7, 11) is 0. The van der Waals surface area contributed by atoms with E-state index in [0.29, 0.717) is 30.8 Å². The van der Waals surface area contributed by atoms with Gasteiger partial charge >= 0.3 is 0 Å². The molecule has 0 bridgehead atoms. The van der Waals surface area contributed by atoms with Crippen LogP contribution < -0.4 is 14.8 Å². The van der Waals surface area contributed by atoms with Crippen molar-refractivity contribution in [3.8, 4) is 11.5 Å². The van der Waals surface area contributed by atoms with Gasteiger partial charge in [0.1, 0.15) is 13.2 Å². The van der Waals surface area contributed by atoms with Crippen LogP contribution in [0.2, 0.25) is 0 Å². The third-order valence-corrected chi connectivity index (χ3v) is 5.32. The summed E-state index contributed by atoms with van der Waals surface area (Å²) in [6.45, 7) is 4.19. The molecule has 1 aromatic rings. The van der Waals surface area contributed by atoms with Crippen LogP contribution in [0.15, 0.2) is 18.2 Å². The van der Waals surface area contributed by atoms with E-state index >= 15 is 0 Å². The predicted octanol–water partition coefficient (Wildman–Crippen LogP) is 3.22. The zero-order valence-electron chi connectivity index (χ0n) is 12.6. The molecule has 2 atom stereocenters. The van der Waals surface area contributed by atoms with Crippen molar-refractivity contribution in [2.45, 2.75) is 44.8 Å². The second-order valence-corrected chi connectivity index (χ2v) is 6.32. The van der Waals surface area contributed by atoms with Gasteiger partial charge < -0.3 is 19.5 Å². The Kier molecular flexibility index (Phi) is 3.21. The van der Waals surface area contributed by atoms with E-state index < -0.39 is 0 Å². The molecule has 4 heteroatoms. The Morgan fingerprint density at radius 2 is 2.05 bits per heavy atom. The van der Waals surface area contributed by atoms with Crippen molar-refractivity contribution in [1.82, 2.24) is 0 Å². The first-order valence-corrected chi connectivity index (χ1v) is 8.09. The molecule has 4 rings (SSSR count). The first-order valence-electron chi connectivity index (χ1n) is 8.09. The summed E-state index contributed by atoms with van der Waals surface area (Å²) in [5, 5.41) is 3.69. The van der Waals surface area contributed by atoms with Crippen LogP contribution in [0.25, 0.3) is 0 Å². The molecule has 1 aliphatic heterocycles. The first kappa shape index (κ1) is 13.3. The number of fused-ring (bicyclic) bond motifs is 1. The highest BCUT2D eigenvalue weighted by Gasteiger charge is 2.58. The van der Waals surface area contributed by atoms with E-state index in [9.17, 15) is 0 Å². The van der Waals surface area contributed by atoms with Crippen LogP contribution in [0.4, 0.5) is 5.69 Å². The number of benzene rings is 1. The molecule has 0 amide bonds. The highest BCUT2D eigenvalue weighted by molar-refractivity contribution is 5.56. The van der Waals surface area contributed by atoms with Gasteiger partial charge in [0.25, 0.3) is 0 Å². The van der Waals surface area contributed by atoms with Gasteiger partial charge in [0, 0.05) is 29.8 Å².